The fourth-order valence-corrected chi connectivity index (χ4v) is 3.40. The summed E-state index contributed by atoms with van der Waals surface area (Å²) in [5.74, 6) is 1.86. The third kappa shape index (κ3) is 4.61. The predicted octanol–water partition coefficient (Wildman–Crippen LogP) is 3.19. The number of likely N-dealkylation sites (N-methyl/N-ethyl adjacent to an activating group) is 1. The minimum absolute atomic E-state index is 0.164. The van der Waals surface area contributed by atoms with Crippen molar-refractivity contribution in [3.05, 3.63) is 52.7 Å². The Bertz CT molecular complexity index is 729. The Morgan fingerprint density at radius 2 is 2.20 bits per heavy atom. The van der Waals surface area contributed by atoms with Crippen LogP contribution in [-0.4, -0.2) is 54.4 Å². The van der Waals surface area contributed by atoms with Gasteiger partial charge in [0.25, 0.3) is 0 Å². The summed E-state index contributed by atoms with van der Waals surface area (Å²) in [6, 6.07) is 7.75. The number of likely N-dealkylation sites (tertiary alicyclic amines) is 1. The van der Waals surface area contributed by atoms with Crippen molar-refractivity contribution in [3.8, 4) is 0 Å². The molecule has 0 N–H and O–H groups in total. The van der Waals surface area contributed by atoms with Crippen LogP contribution < -0.4 is 0 Å². The van der Waals surface area contributed by atoms with E-state index in [2.05, 4.69) is 4.98 Å². The van der Waals surface area contributed by atoms with Crippen molar-refractivity contribution in [1.82, 2.24) is 14.8 Å². The van der Waals surface area contributed by atoms with Crippen LogP contribution in [0.1, 0.15) is 36.0 Å². The Hall–Kier alpha value is -1.85. The molecule has 0 spiro atoms. The van der Waals surface area contributed by atoms with Crippen LogP contribution in [0.4, 0.5) is 0 Å². The van der Waals surface area contributed by atoms with Crippen LogP contribution in [0.15, 0.2) is 34.9 Å². The SMILES string of the molecule is CN(C)CC(=O)N1CCC[C@H](c2ncc(Cc3ccccc3Cl)o2)C1. The minimum atomic E-state index is 0.164. The van der Waals surface area contributed by atoms with Gasteiger partial charge in [0.2, 0.25) is 5.91 Å². The maximum Gasteiger partial charge on any atom is 0.236 e. The summed E-state index contributed by atoms with van der Waals surface area (Å²) in [7, 11) is 3.82. The molecule has 1 amide bonds. The molecule has 2 aromatic rings. The molecule has 0 saturated carbocycles. The van der Waals surface area contributed by atoms with Crippen molar-refractivity contribution in [2.24, 2.45) is 0 Å². The highest BCUT2D eigenvalue weighted by molar-refractivity contribution is 6.31. The lowest BCUT2D eigenvalue weighted by Gasteiger charge is -2.32. The topological polar surface area (TPSA) is 49.6 Å². The lowest BCUT2D eigenvalue weighted by molar-refractivity contribution is -0.133. The first-order valence-corrected chi connectivity index (χ1v) is 9.01. The number of carbonyl (C=O) groups is 1. The monoisotopic (exact) mass is 361 g/mol. The lowest BCUT2D eigenvalue weighted by Crippen LogP contribution is -2.43. The largest absolute Gasteiger partial charge is 0.445 e. The standard InChI is InChI=1S/C19H24ClN3O2/c1-22(2)13-18(24)23-9-5-7-15(12-23)19-21-11-16(25-19)10-14-6-3-4-8-17(14)20/h3-4,6,8,11,15H,5,7,9-10,12-13H2,1-2H3/t15-/m0/s1. The van der Waals surface area contributed by atoms with E-state index in [1.807, 2.05) is 48.2 Å². The van der Waals surface area contributed by atoms with E-state index >= 15 is 0 Å². The highest BCUT2D eigenvalue weighted by Crippen LogP contribution is 2.28. The van der Waals surface area contributed by atoms with Gasteiger partial charge in [-0.15, -0.1) is 0 Å². The first-order valence-electron chi connectivity index (χ1n) is 8.63. The van der Waals surface area contributed by atoms with E-state index in [0.717, 1.165) is 41.6 Å². The van der Waals surface area contributed by atoms with Gasteiger partial charge >= 0.3 is 0 Å². The van der Waals surface area contributed by atoms with Crippen LogP contribution in [0, 0.1) is 0 Å². The molecule has 1 aliphatic rings. The zero-order chi connectivity index (χ0) is 17.8. The molecule has 0 bridgehead atoms. The van der Waals surface area contributed by atoms with E-state index in [9.17, 15) is 4.79 Å². The molecular formula is C19H24ClN3O2. The number of hydrogen-bond acceptors (Lipinski definition) is 4. The number of hydrogen-bond donors (Lipinski definition) is 0. The molecule has 1 aliphatic heterocycles. The number of piperidine rings is 1. The molecule has 1 aromatic carbocycles. The molecule has 1 aromatic heterocycles. The van der Waals surface area contributed by atoms with Crippen molar-refractivity contribution >= 4 is 17.5 Å². The third-order valence-electron chi connectivity index (χ3n) is 4.47. The van der Waals surface area contributed by atoms with Crippen LogP contribution in [0.3, 0.4) is 0 Å². The molecule has 5 nitrogen and oxygen atoms in total. The maximum atomic E-state index is 12.3. The number of amides is 1. The molecule has 0 unspecified atom stereocenters. The van der Waals surface area contributed by atoms with E-state index in [0.29, 0.717) is 19.5 Å². The molecule has 25 heavy (non-hydrogen) atoms. The second-order valence-electron chi connectivity index (χ2n) is 6.85. The third-order valence-corrected chi connectivity index (χ3v) is 4.84. The zero-order valence-electron chi connectivity index (χ0n) is 14.7. The number of halogens is 1. The molecule has 0 radical (unpaired) electrons. The molecule has 0 aliphatic carbocycles. The summed E-state index contributed by atoms with van der Waals surface area (Å²) in [6.07, 6.45) is 4.38. The number of oxazole rings is 1. The summed E-state index contributed by atoms with van der Waals surface area (Å²) in [6.45, 7) is 1.94. The first-order chi connectivity index (χ1) is 12.0. The first kappa shape index (κ1) is 18.0. The summed E-state index contributed by atoms with van der Waals surface area (Å²) in [5.41, 5.74) is 1.03. The Labute approximate surface area is 153 Å². The Kier molecular flexibility index (Phi) is 5.76. The lowest BCUT2D eigenvalue weighted by atomic mass is 9.98. The van der Waals surface area contributed by atoms with Gasteiger partial charge in [0, 0.05) is 24.5 Å². The smallest absolute Gasteiger partial charge is 0.236 e. The normalized spacial score (nSPS) is 17.9. The predicted molar refractivity (Wildman–Crippen MR) is 97.9 cm³/mol. The second kappa shape index (κ2) is 8.02. The van der Waals surface area contributed by atoms with E-state index in [-0.39, 0.29) is 11.8 Å². The average molecular weight is 362 g/mol. The Morgan fingerprint density at radius 3 is 2.96 bits per heavy atom. The molecule has 1 atom stereocenters. The number of rotatable bonds is 5. The molecular weight excluding hydrogens is 338 g/mol. The van der Waals surface area contributed by atoms with Crippen LogP contribution >= 0.6 is 11.6 Å². The van der Waals surface area contributed by atoms with Gasteiger partial charge in [0.15, 0.2) is 5.89 Å². The zero-order valence-corrected chi connectivity index (χ0v) is 15.5. The van der Waals surface area contributed by atoms with Gasteiger partial charge in [-0.05, 0) is 38.6 Å². The summed E-state index contributed by atoms with van der Waals surface area (Å²) < 4.78 is 5.97. The fourth-order valence-electron chi connectivity index (χ4n) is 3.20. The second-order valence-corrected chi connectivity index (χ2v) is 7.26. The van der Waals surface area contributed by atoms with Crippen molar-refractivity contribution in [3.63, 3.8) is 0 Å². The van der Waals surface area contributed by atoms with Crippen LogP contribution in [-0.2, 0) is 11.2 Å². The fraction of sp³-hybridized carbons (Fsp3) is 0.474. The van der Waals surface area contributed by atoms with E-state index < -0.39 is 0 Å². The van der Waals surface area contributed by atoms with Crippen molar-refractivity contribution < 1.29 is 9.21 Å². The highest BCUT2D eigenvalue weighted by Gasteiger charge is 2.27. The van der Waals surface area contributed by atoms with Gasteiger partial charge in [0.05, 0.1) is 18.7 Å². The summed E-state index contributed by atoms with van der Waals surface area (Å²) >= 11 is 6.21. The summed E-state index contributed by atoms with van der Waals surface area (Å²) in [5, 5.41) is 0.735. The van der Waals surface area contributed by atoms with Gasteiger partial charge in [0.1, 0.15) is 5.76 Å². The number of benzene rings is 1. The van der Waals surface area contributed by atoms with Crippen LogP contribution in [0.5, 0.6) is 0 Å². The van der Waals surface area contributed by atoms with Crippen LogP contribution in [0.2, 0.25) is 5.02 Å². The van der Waals surface area contributed by atoms with Crippen molar-refractivity contribution in [1.29, 1.82) is 0 Å². The number of aromatic nitrogens is 1. The van der Waals surface area contributed by atoms with E-state index in [1.165, 1.54) is 0 Å². The molecule has 1 fully saturated rings. The molecule has 3 rings (SSSR count). The van der Waals surface area contributed by atoms with E-state index in [1.54, 1.807) is 6.20 Å². The molecule has 1 saturated heterocycles. The van der Waals surface area contributed by atoms with Gasteiger partial charge in [-0.1, -0.05) is 29.8 Å². The Balaban J connectivity index is 1.65. The minimum Gasteiger partial charge on any atom is -0.445 e. The van der Waals surface area contributed by atoms with Gasteiger partial charge in [-0.25, -0.2) is 4.98 Å². The van der Waals surface area contributed by atoms with Crippen molar-refractivity contribution in [2.75, 3.05) is 33.7 Å². The Morgan fingerprint density at radius 1 is 1.40 bits per heavy atom. The molecule has 2 heterocycles. The number of carbonyl (C=O) groups excluding carboxylic acids is 1. The van der Waals surface area contributed by atoms with Crippen LogP contribution in [0.25, 0.3) is 0 Å². The van der Waals surface area contributed by atoms with E-state index in [4.69, 9.17) is 16.0 Å². The summed E-state index contributed by atoms with van der Waals surface area (Å²) in [4.78, 5) is 20.6. The average Bonchev–Trinajstić information content (AvgIpc) is 3.05. The van der Waals surface area contributed by atoms with Gasteiger partial charge in [-0.2, -0.15) is 0 Å². The van der Waals surface area contributed by atoms with Gasteiger partial charge in [-0.3, -0.25) is 4.79 Å². The number of nitrogens with zero attached hydrogens (tertiary/aromatic N) is 3. The van der Waals surface area contributed by atoms with Crippen molar-refractivity contribution in [2.45, 2.75) is 25.2 Å². The maximum absolute atomic E-state index is 12.3. The molecule has 6 heteroatoms. The quantitative estimate of drug-likeness (QED) is 0.820. The highest BCUT2D eigenvalue weighted by atomic mass is 35.5. The molecule has 134 valence electrons. The van der Waals surface area contributed by atoms with Gasteiger partial charge < -0.3 is 14.2 Å².